The van der Waals surface area contributed by atoms with Crippen LogP contribution in [-0.2, 0) is 19.7 Å². The van der Waals surface area contributed by atoms with Crippen molar-refractivity contribution in [1.82, 2.24) is 4.90 Å². The Morgan fingerprint density at radius 1 is 1.00 bits per heavy atom. The minimum atomic E-state index is -0.912. The summed E-state index contributed by atoms with van der Waals surface area (Å²) in [6.45, 7) is 12.8. The molecular weight excluding hydrogens is 330 g/mol. The molecule has 2 aliphatic rings. The summed E-state index contributed by atoms with van der Waals surface area (Å²) in [5, 5.41) is 0. The van der Waals surface area contributed by atoms with E-state index in [-0.39, 0.29) is 11.3 Å². The maximum atomic E-state index is 13.0. The number of carbonyl (C=O) groups excluding carboxylic acids is 1. The van der Waals surface area contributed by atoms with Crippen molar-refractivity contribution in [1.29, 1.82) is 0 Å². The van der Waals surface area contributed by atoms with Gasteiger partial charge in [0.15, 0.2) is 11.4 Å². The molecule has 1 aromatic rings. The average molecular weight is 361 g/mol. The minimum Gasteiger partial charge on any atom is -0.478 e. The van der Waals surface area contributed by atoms with Crippen LogP contribution >= 0.6 is 0 Å². The number of piperidine rings is 1. The molecule has 3 rings (SSSR count). The molecule has 144 valence electrons. The number of nitrogens with zero attached hydrogens (tertiary/aromatic N) is 1. The number of ether oxygens (including phenoxy) is 3. The van der Waals surface area contributed by atoms with Gasteiger partial charge < -0.3 is 19.1 Å². The van der Waals surface area contributed by atoms with Gasteiger partial charge in [-0.05, 0) is 37.0 Å². The lowest BCUT2D eigenvalue weighted by molar-refractivity contribution is -0.190. The number of hydrogen-bond acceptors (Lipinski definition) is 4. The van der Waals surface area contributed by atoms with Crippen molar-refractivity contribution >= 4 is 5.91 Å². The van der Waals surface area contributed by atoms with Crippen molar-refractivity contribution in [2.24, 2.45) is 0 Å². The van der Waals surface area contributed by atoms with Crippen molar-refractivity contribution in [3.63, 3.8) is 0 Å². The van der Waals surface area contributed by atoms with Gasteiger partial charge in [-0.15, -0.1) is 0 Å². The third-order valence-electron chi connectivity index (χ3n) is 5.23. The lowest BCUT2D eigenvalue weighted by atomic mass is 9.87. The fourth-order valence-corrected chi connectivity index (χ4v) is 3.58. The monoisotopic (exact) mass is 361 g/mol. The summed E-state index contributed by atoms with van der Waals surface area (Å²) in [6, 6.07) is 8.02. The average Bonchev–Trinajstić information content (AvgIpc) is 3.02. The summed E-state index contributed by atoms with van der Waals surface area (Å²) in [5.41, 5.74) is 0.426. The third kappa shape index (κ3) is 4.04. The molecule has 5 nitrogen and oxygen atoms in total. The van der Waals surface area contributed by atoms with E-state index >= 15 is 0 Å². The van der Waals surface area contributed by atoms with E-state index in [0.29, 0.717) is 32.1 Å². The minimum absolute atomic E-state index is 0.00486. The Balaban J connectivity index is 1.61. The van der Waals surface area contributed by atoms with Crippen LogP contribution in [0, 0.1) is 0 Å². The maximum Gasteiger partial charge on any atom is 0.266 e. The molecule has 0 atom stereocenters. The fraction of sp³-hybridized carbons (Fsp3) is 0.667. The fourth-order valence-electron chi connectivity index (χ4n) is 3.58. The van der Waals surface area contributed by atoms with Crippen LogP contribution in [0.25, 0.3) is 0 Å². The molecule has 0 N–H and O–H groups in total. The zero-order valence-electron chi connectivity index (χ0n) is 16.6. The Labute approximate surface area is 156 Å². The van der Waals surface area contributed by atoms with Gasteiger partial charge in [-0.2, -0.15) is 0 Å². The molecule has 2 saturated heterocycles. The summed E-state index contributed by atoms with van der Waals surface area (Å²) in [4.78, 5) is 14.8. The van der Waals surface area contributed by atoms with Gasteiger partial charge in [-0.1, -0.05) is 32.9 Å². The Bertz CT molecular complexity index is 629. The Kier molecular flexibility index (Phi) is 5.06. The third-order valence-corrected chi connectivity index (χ3v) is 5.23. The molecule has 1 spiro atoms. The maximum absolute atomic E-state index is 13.0. The lowest BCUT2D eigenvalue weighted by Gasteiger charge is -2.40. The zero-order chi connectivity index (χ0) is 19.0. The molecule has 0 aromatic heterocycles. The standard InChI is InChI=1S/C21H31NO4/c1-19(2,3)16-6-8-17(9-7-16)26-20(4,5)18(23)22-12-10-21(11-13-22)24-14-15-25-21/h6-9H,10-15H2,1-5H3. The topological polar surface area (TPSA) is 48.0 Å². The van der Waals surface area contributed by atoms with E-state index in [4.69, 9.17) is 14.2 Å². The summed E-state index contributed by atoms with van der Waals surface area (Å²) in [5.74, 6) is 0.252. The smallest absolute Gasteiger partial charge is 0.266 e. The Morgan fingerprint density at radius 2 is 1.54 bits per heavy atom. The zero-order valence-corrected chi connectivity index (χ0v) is 16.6. The van der Waals surface area contributed by atoms with Gasteiger partial charge in [0.25, 0.3) is 5.91 Å². The van der Waals surface area contributed by atoms with Gasteiger partial charge in [0.05, 0.1) is 13.2 Å². The highest BCUT2D eigenvalue weighted by Crippen LogP contribution is 2.33. The van der Waals surface area contributed by atoms with E-state index in [2.05, 4.69) is 32.9 Å². The van der Waals surface area contributed by atoms with Gasteiger partial charge in [-0.3, -0.25) is 4.79 Å². The summed E-state index contributed by atoms with van der Waals surface area (Å²) in [7, 11) is 0. The van der Waals surface area contributed by atoms with E-state index in [0.717, 1.165) is 12.8 Å². The van der Waals surface area contributed by atoms with Crippen LogP contribution in [-0.4, -0.2) is 48.5 Å². The molecule has 26 heavy (non-hydrogen) atoms. The van der Waals surface area contributed by atoms with Crippen molar-refractivity contribution in [3.8, 4) is 5.75 Å². The van der Waals surface area contributed by atoms with E-state index in [1.807, 2.05) is 30.9 Å². The van der Waals surface area contributed by atoms with Gasteiger partial charge in [0.2, 0.25) is 0 Å². The number of amides is 1. The molecule has 1 aromatic carbocycles. The Hall–Kier alpha value is -1.59. The molecule has 0 saturated carbocycles. The number of hydrogen-bond donors (Lipinski definition) is 0. The largest absolute Gasteiger partial charge is 0.478 e. The quantitative estimate of drug-likeness (QED) is 0.827. The van der Waals surface area contributed by atoms with Crippen LogP contribution in [0.1, 0.15) is 53.0 Å². The van der Waals surface area contributed by atoms with Crippen LogP contribution in [0.15, 0.2) is 24.3 Å². The first-order valence-corrected chi connectivity index (χ1v) is 9.48. The molecule has 2 fully saturated rings. The van der Waals surface area contributed by atoms with Crippen LogP contribution in [0.4, 0.5) is 0 Å². The first-order chi connectivity index (χ1) is 12.1. The number of likely N-dealkylation sites (tertiary alicyclic amines) is 1. The highest BCUT2D eigenvalue weighted by Gasteiger charge is 2.43. The summed E-state index contributed by atoms with van der Waals surface area (Å²) in [6.07, 6.45) is 1.43. The molecule has 1 amide bonds. The van der Waals surface area contributed by atoms with Gasteiger partial charge >= 0.3 is 0 Å². The highest BCUT2D eigenvalue weighted by atomic mass is 16.7. The predicted molar refractivity (Wildman–Crippen MR) is 100 cm³/mol. The van der Waals surface area contributed by atoms with Crippen LogP contribution < -0.4 is 4.74 Å². The number of benzene rings is 1. The van der Waals surface area contributed by atoms with Crippen molar-refractivity contribution in [3.05, 3.63) is 29.8 Å². The molecule has 0 radical (unpaired) electrons. The molecule has 5 heteroatoms. The van der Waals surface area contributed by atoms with Gasteiger partial charge in [-0.25, -0.2) is 0 Å². The van der Waals surface area contributed by atoms with Crippen molar-refractivity contribution in [2.75, 3.05) is 26.3 Å². The second kappa shape index (κ2) is 6.86. The molecule has 2 heterocycles. The van der Waals surface area contributed by atoms with Crippen LogP contribution in [0.5, 0.6) is 5.75 Å². The summed E-state index contributed by atoms with van der Waals surface area (Å²) >= 11 is 0. The van der Waals surface area contributed by atoms with Gasteiger partial charge in [0, 0.05) is 25.9 Å². The number of rotatable bonds is 3. The van der Waals surface area contributed by atoms with Crippen molar-refractivity contribution < 1.29 is 19.0 Å². The molecule has 0 aliphatic carbocycles. The van der Waals surface area contributed by atoms with Gasteiger partial charge in [0.1, 0.15) is 5.75 Å². The second-order valence-electron chi connectivity index (χ2n) is 8.79. The normalized spacial score (nSPS) is 20.4. The number of carbonyl (C=O) groups is 1. The summed E-state index contributed by atoms with van der Waals surface area (Å²) < 4.78 is 17.5. The van der Waals surface area contributed by atoms with Crippen LogP contribution in [0.2, 0.25) is 0 Å². The molecule has 0 unspecified atom stereocenters. The molecule has 2 aliphatic heterocycles. The molecular formula is C21H31NO4. The van der Waals surface area contributed by atoms with Crippen molar-refractivity contribution in [2.45, 2.75) is 64.3 Å². The van der Waals surface area contributed by atoms with E-state index in [1.54, 1.807) is 0 Å². The van der Waals surface area contributed by atoms with Crippen LogP contribution in [0.3, 0.4) is 0 Å². The lowest BCUT2D eigenvalue weighted by Crippen LogP contribution is -2.54. The Morgan fingerprint density at radius 3 is 2.04 bits per heavy atom. The SMILES string of the molecule is CC(C)(Oc1ccc(C(C)(C)C)cc1)C(=O)N1CCC2(CC1)OCCO2. The van der Waals surface area contributed by atoms with E-state index in [1.165, 1.54) is 5.56 Å². The first-order valence-electron chi connectivity index (χ1n) is 9.48. The molecule has 0 bridgehead atoms. The van der Waals surface area contributed by atoms with E-state index < -0.39 is 11.4 Å². The second-order valence-corrected chi connectivity index (χ2v) is 8.79. The first kappa shape index (κ1) is 19.2. The highest BCUT2D eigenvalue weighted by molar-refractivity contribution is 5.85. The predicted octanol–water partition coefficient (Wildman–Crippen LogP) is 3.51. The van der Waals surface area contributed by atoms with E-state index in [9.17, 15) is 4.79 Å².